The van der Waals surface area contributed by atoms with E-state index < -0.39 is 10.0 Å². The number of nitrogen functional groups attached to an aromatic ring is 1. The molecule has 7 nitrogen and oxygen atoms in total. The molecule has 0 aromatic heterocycles. The summed E-state index contributed by atoms with van der Waals surface area (Å²) in [5.74, 6) is -0.171. The summed E-state index contributed by atoms with van der Waals surface area (Å²) in [6, 6.07) is 11.5. The van der Waals surface area contributed by atoms with Gasteiger partial charge >= 0.3 is 0 Å². The van der Waals surface area contributed by atoms with Gasteiger partial charge in [-0.3, -0.25) is 4.79 Å². The predicted octanol–water partition coefficient (Wildman–Crippen LogP) is 2.36. The lowest BCUT2D eigenvalue weighted by Crippen LogP contribution is -2.31. The molecule has 0 saturated heterocycles. The maximum Gasteiger partial charge on any atom is 0.251 e. The van der Waals surface area contributed by atoms with E-state index in [9.17, 15) is 13.2 Å². The van der Waals surface area contributed by atoms with Crippen LogP contribution < -0.4 is 20.5 Å². The number of methoxy groups -OCH3 is 1. The smallest absolute Gasteiger partial charge is 0.251 e. The Morgan fingerprint density at radius 3 is 2.36 bits per heavy atom. The van der Waals surface area contributed by atoms with E-state index in [1.807, 2.05) is 12.1 Å². The van der Waals surface area contributed by atoms with Gasteiger partial charge in [0, 0.05) is 23.8 Å². The first-order chi connectivity index (χ1) is 12.7. The van der Waals surface area contributed by atoms with Gasteiger partial charge in [-0.25, -0.2) is 13.1 Å². The van der Waals surface area contributed by atoms with Crippen molar-refractivity contribution in [1.29, 1.82) is 0 Å². The summed E-state index contributed by atoms with van der Waals surface area (Å²) in [6.07, 6.45) is 0.641. The minimum absolute atomic E-state index is 0. The van der Waals surface area contributed by atoms with Gasteiger partial charge in [0.15, 0.2) is 0 Å². The minimum Gasteiger partial charge on any atom is -0.495 e. The molecule has 28 heavy (non-hydrogen) atoms. The van der Waals surface area contributed by atoms with E-state index in [-0.39, 0.29) is 40.6 Å². The predicted molar refractivity (Wildman–Crippen MR) is 113 cm³/mol. The number of rotatable bonds is 8. The van der Waals surface area contributed by atoms with Gasteiger partial charge in [0.25, 0.3) is 5.91 Å². The van der Waals surface area contributed by atoms with E-state index in [1.54, 1.807) is 26.0 Å². The number of hydrogen-bond acceptors (Lipinski definition) is 5. The van der Waals surface area contributed by atoms with Crippen molar-refractivity contribution < 1.29 is 17.9 Å². The molecule has 2 aromatic carbocycles. The Bertz CT molecular complexity index is 900. The fourth-order valence-corrected chi connectivity index (χ4v) is 3.95. The first-order valence-corrected chi connectivity index (χ1v) is 10.0. The van der Waals surface area contributed by atoms with E-state index in [0.717, 1.165) is 5.56 Å². The first kappa shape index (κ1) is 23.7. The first-order valence-electron chi connectivity index (χ1n) is 8.56. The van der Waals surface area contributed by atoms with Crippen LogP contribution >= 0.6 is 12.4 Å². The summed E-state index contributed by atoms with van der Waals surface area (Å²) < 4.78 is 32.6. The van der Waals surface area contributed by atoms with E-state index in [2.05, 4.69) is 10.0 Å². The maximum atomic E-state index is 12.5. The van der Waals surface area contributed by atoms with Crippen LogP contribution in [0.2, 0.25) is 0 Å². The third-order valence-corrected chi connectivity index (χ3v) is 5.46. The Kier molecular flexibility index (Phi) is 8.74. The van der Waals surface area contributed by atoms with Gasteiger partial charge in [0.2, 0.25) is 10.0 Å². The van der Waals surface area contributed by atoms with E-state index >= 15 is 0 Å². The van der Waals surface area contributed by atoms with Crippen LogP contribution in [-0.2, 0) is 16.4 Å². The number of carbonyl (C=O) groups excluding carboxylic acids is 1. The van der Waals surface area contributed by atoms with Crippen molar-refractivity contribution in [1.82, 2.24) is 10.0 Å². The van der Waals surface area contributed by atoms with Crippen LogP contribution in [0.3, 0.4) is 0 Å². The van der Waals surface area contributed by atoms with Crippen LogP contribution in [-0.4, -0.2) is 34.0 Å². The number of halogens is 1. The van der Waals surface area contributed by atoms with Crippen LogP contribution in [0.1, 0.15) is 29.8 Å². The lowest BCUT2D eigenvalue weighted by atomic mass is 10.1. The molecular formula is C19H26ClN3O4S. The monoisotopic (exact) mass is 427 g/mol. The lowest BCUT2D eigenvalue weighted by Gasteiger charge is -2.14. The van der Waals surface area contributed by atoms with Crippen LogP contribution in [0, 0.1) is 0 Å². The quantitative estimate of drug-likeness (QED) is 0.560. The van der Waals surface area contributed by atoms with Crippen LogP contribution in [0.15, 0.2) is 47.4 Å². The maximum absolute atomic E-state index is 12.5. The molecule has 0 aliphatic heterocycles. The Morgan fingerprint density at radius 1 is 1.14 bits per heavy atom. The Morgan fingerprint density at radius 2 is 1.79 bits per heavy atom. The van der Waals surface area contributed by atoms with Crippen molar-refractivity contribution >= 4 is 34.0 Å². The average Bonchev–Trinajstić information content (AvgIpc) is 2.61. The summed E-state index contributed by atoms with van der Waals surface area (Å²) in [5.41, 5.74) is 7.63. The normalized spacial score (nSPS) is 11.0. The van der Waals surface area contributed by atoms with E-state index in [1.165, 1.54) is 25.3 Å². The molecule has 0 bridgehead atoms. The lowest BCUT2D eigenvalue weighted by molar-refractivity contribution is 0.0954. The number of nitrogens with one attached hydrogen (secondary N) is 2. The summed E-state index contributed by atoms with van der Waals surface area (Å²) in [7, 11) is -2.41. The molecule has 154 valence electrons. The largest absolute Gasteiger partial charge is 0.495 e. The second kappa shape index (κ2) is 10.3. The molecule has 4 N–H and O–H groups in total. The van der Waals surface area contributed by atoms with Gasteiger partial charge < -0.3 is 15.8 Å². The number of ether oxygens (including phenoxy) is 1. The molecule has 0 heterocycles. The molecule has 0 saturated carbocycles. The van der Waals surface area contributed by atoms with Crippen molar-refractivity contribution in [2.75, 3.05) is 19.4 Å². The minimum atomic E-state index is -3.79. The van der Waals surface area contributed by atoms with Gasteiger partial charge in [-0.15, -0.1) is 12.4 Å². The topological polar surface area (TPSA) is 111 Å². The number of hydrogen-bond donors (Lipinski definition) is 3. The molecule has 0 unspecified atom stereocenters. The zero-order valence-electron chi connectivity index (χ0n) is 16.1. The van der Waals surface area contributed by atoms with Gasteiger partial charge in [0.05, 0.1) is 7.11 Å². The molecule has 0 atom stereocenters. The Labute approximate surface area is 172 Å². The second-order valence-corrected chi connectivity index (χ2v) is 8.07. The number of amides is 1. The summed E-state index contributed by atoms with van der Waals surface area (Å²) in [4.78, 5) is 12.3. The number of sulfonamides is 1. The molecule has 1 amide bonds. The van der Waals surface area contributed by atoms with Crippen molar-refractivity contribution in [3.05, 3.63) is 53.6 Å². The average molecular weight is 428 g/mol. The van der Waals surface area contributed by atoms with Crippen LogP contribution in [0.25, 0.3) is 0 Å². The Hall–Kier alpha value is -2.29. The fraction of sp³-hybridized carbons (Fsp3) is 0.316. The number of anilines is 1. The fourth-order valence-electron chi connectivity index (χ4n) is 2.51. The third kappa shape index (κ3) is 6.40. The molecule has 0 spiro atoms. The second-order valence-electron chi connectivity index (χ2n) is 6.39. The number of benzene rings is 2. The van der Waals surface area contributed by atoms with Crippen molar-refractivity contribution in [2.45, 2.75) is 31.2 Å². The van der Waals surface area contributed by atoms with Crippen molar-refractivity contribution in [2.24, 2.45) is 0 Å². The zero-order chi connectivity index (χ0) is 20.0. The molecule has 2 rings (SSSR count). The van der Waals surface area contributed by atoms with Gasteiger partial charge in [-0.05, 0) is 56.2 Å². The zero-order valence-corrected chi connectivity index (χ0v) is 17.7. The van der Waals surface area contributed by atoms with Gasteiger partial charge in [-0.2, -0.15) is 0 Å². The highest BCUT2D eigenvalue weighted by Gasteiger charge is 2.22. The van der Waals surface area contributed by atoms with Crippen LogP contribution in [0.4, 0.5) is 5.69 Å². The molecule has 9 heteroatoms. The van der Waals surface area contributed by atoms with E-state index in [4.69, 9.17) is 10.5 Å². The van der Waals surface area contributed by atoms with Gasteiger partial charge in [0.1, 0.15) is 10.6 Å². The Balaban J connectivity index is 0.00000392. The SMILES string of the molecule is COc1ccc(C(=O)NCCc2ccc(N)cc2)cc1S(=O)(=O)NC(C)C.Cl. The summed E-state index contributed by atoms with van der Waals surface area (Å²) in [6.45, 7) is 3.86. The molecule has 0 fully saturated rings. The highest BCUT2D eigenvalue weighted by atomic mass is 35.5. The summed E-state index contributed by atoms with van der Waals surface area (Å²) in [5, 5.41) is 2.79. The highest BCUT2D eigenvalue weighted by molar-refractivity contribution is 7.89. The van der Waals surface area contributed by atoms with Crippen molar-refractivity contribution in [3.8, 4) is 5.75 Å². The summed E-state index contributed by atoms with van der Waals surface area (Å²) >= 11 is 0. The molecular weight excluding hydrogens is 402 g/mol. The standard InChI is InChI=1S/C19H25N3O4S.ClH/c1-13(2)22-27(24,25)18-12-15(6-9-17(18)26-3)19(23)21-11-10-14-4-7-16(20)8-5-14;/h4-9,12-13,22H,10-11,20H2,1-3H3,(H,21,23);1H. The molecule has 0 aliphatic rings. The van der Waals surface area contributed by atoms with Gasteiger partial charge in [-0.1, -0.05) is 12.1 Å². The number of carbonyl (C=O) groups is 1. The third-order valence-electron chi connectivity index (χ3n) is 3.79. The van der Waals surface area contributed by atoms with E-state index in [0.29, 0.717) is 18.7 Å². The van der Waals surface area contributed by atoms with Crippen molar-refractivity contribution in [3.63, 3.8) is 0 Å². The molecule has 0 radical (unpaired) electrons. The number of nitrogens with two attached hydrogens (primary N) is 1. The van der Waals surface area contributed by atoms with Crippen LogP contribution in [0.5, 0.6) is 5.75 Å². The molecule has 0 aliphatic carbocycles. The highest BCUT2D eigenvalue weighted by Crippen LogP contribution is 2.25. The molecule has 2 aromatic rings.